The molecule has 0 unspecified atom stereocenters. The smallest absolute Gasteiger partial charge is 0.454 e. The zero-order valence-electron chi connectivity index (χ0n) is 15.3. The molecule has 0 saturated carbocycles. The predicted molar refractivity (Wildman–Crippen MR) is 106 cm³/mol. The minimum Gasteiger partial charge on any atom is -0.454 e. The fraction of sp³-hybridized carbons (Fsp3) is 0.368. The maximum absolute atomic E-state index is 12.4. The molecule has 4 rings (SSSR count). The summed E-state index contributed by atoms with van der Waals surface area (Å²) < 4.78 is 52.1. The number of alkyl halides is 3. The molecule has 1 fully saturated rings. The third-order valence-corrected chi connectivity index (χ3v) is 4.66. The molecule has 29 heavy (non-hydrogen) atoms. The van der Waals surface area contributed by atoms with Crippen molar-refractivity contribution in [1.29, 1.82) is 0 Å². The third-order valence-electron chi connectivity index (χ3n) is 4.66. The number of piperazine rings is 1. The first-order valence-corrected chi connectivity index (χ1v) is 8.70. The maximum Gasteiger partial charge on any atom is 0.573 e. The van der Waals surface area contributed by atoms with Crippen LogP contribution < -0.4 is 19.5 Å². The highest BCUT2D eigenvalue weighted by atomic mass is 35.5. The number of nitrogens with one attached hydrogen (secondary N) is 1. The lowest BCUT2D eigenvalue weighted by Crippen LogP contribution is -2.45. The fourth-order valence-corrected chi connectivity index (χ4v) is 3.49. The summed E-state index contributed by atoms with van der Waals surface area (Å²) in [6.45, 7) is 3.58. The van der Waals surface area contributed by atoms with Crippen LogP contribution in [0.4, 0.5) is 13.2 Å². The van der Waals surface area contributed by atoms with Crippen molar-refractivity contribution in [2.45, 2.75) is 12.4 Å². The zero-order valence-corrected chi connectivity index (χ0v) is 16.9. The second-order valence-corrected chi connectivity index (χ2v) is 6.42. The van der Waals surface area contributed by atoms with Gasteiger partial charge in [-0.1, -0.05) is 18.2 Å². The molecular formula is C19H21Cl2F3N2O3. The molecule has 5 nitrogen and oxygen atoms in total. The standard InChI is InChI=1S/C19H19F3N2O3.2ClH/c20-19(21,22)27-15-4-1-13(2-5-15)18(24-9-7-23-8-10-24)14-3-6-16-17(11-14)26-12-25-16;;/h1-6,11,18,23H,7-10,12H2;2*1H/t18-;;/m1../s1. The number of rotatable bonds is 4. The van der Waals surface area contributed by atoms with E-state index in [2.05, 4.69) is 15.0 Å². The first-order chi connectivity index (χ1) is 13.0. The Labute approximate surface area is 178 Å². The van der Waals surface area contributed by atoms with Gasteiger partial charge in [-0.2, -0.15) is 0 Å². The summed E-state index contributed by atoms with van der Waals surface area (Å²) in [7, 11) is 0. The monoisotopic (exact) mass is 452 g/mol. The normalized spacial score (nSPS) is 17.1. The number of halogens is 5. The van der Waals surface area contributed by atoms with Gasteiger partial charge in [0.15, 0.2) is 11.5 Å². The molecule has 160 valence electrons. The van der Waals surface area contributed by atoms with Gasteiger partial charge in [0.2, 0.25) is 6.79 Å². The molecule has 2 aliphatic rings. The molecule has 0 aromatic heterocycles. The van der Waals surface area contributed by atoms with E-state index in [-0.39, 0.29) is 43.4 Å². The zero-order chi connectivity index (χ0) is 18.9. The quantitative estimate of drug-likeness (QED) is 0.754. The Hall–Kier alpha value is -1.87. The van der Waals surface area contributed by atoms with E-state index in [0.29, 0.717) is 11.5 Å². The molecule has 0 bridgehead atoms. The van der Waals surface area contributed by atoms with Crippen molar-refractivity contribution in [2.24, 2.45) is 0 Å². The highest BCUT2D eigenvalue weighted by Crippen LogP contribution is 2.38. The topological polar surface area (TPSA) is 43.0 Å². The van der Waals surface area contributed by atoms with Crippen LogP contribution in [0.25, 0.3) is 0 Å². The Morgan fingerprint density at radius 3 is 2.17 bits per heavy atom. The van der Waals surface area contributed by atoms with Crippen molar-refractivity contribution in [1.82, 2.24) is 10.2 Å². The Morgan fingerprint density at radius 1 is 0.897 bits per heavy atom. The number of hydrogen-bond acceptors (Lipinski definition) is 5. The predicted octanol–water partition coefficient (Wildman–Crippen LogP) is 4.15. The van der Waals surface area contributed by atoms with E-state index < -0.39 is 6.36 Å². The van der Waals surface area contributed by atoms with Gasteiger partial charge in [-0.3, -0.25) is 4.90 Å². The minimum atomic E-state index is -4.70. The van der Waals surface area contributed by atoms with E-state index in [4.69, 9.17) is 9.47 Å². The average Bonchev–Trinajstić information content (AvgIpc) is 3.11. The molecule has 1 atom stereocenters. The van der Waals surface area contributed by atoms with Gasteiger partial charge < -0.3 is 19.5 Å². The molecule has 0 radical (unpaired) electrons. The second-order valence-electron chi connectivity index (χ2n) is 6.42. The molecule has 10 heteroatoms. The summed E-state index contributed by atoms with van der Waals surface area (Å²) in [5.74, 6) is 1.16. The molecule has 0 spiro atoms. The number of hydrogen-bond donors (Lipinski definition) is 1. The first kappa shape index (κ1) is 23.4. The lowest BCUT2D eigenvalue weighted by molar-refractivity contribution is -0.274. The number of benzene rings is 2. The van der Waals surface area contributed by atoms with Crippen LogP contribution in [-0.2, 0) is 0 Å². The van der Waals surface area contributed by atoms with Crippen LogP contribution in [0.1, 0.15) is 17.2 Å². The van der Waals surface area contributed by atoms with E-state index in [1.165, 1.54) is 12.1 Å². The van der Waals surface area contributed by atoms with Crippen molar-refractivity contribution in [3.05, 3.63) is 53.6 Å². The summed E-state index contributed by atoms with van der Waals surface area (Å²) >= 11 is 0. The summed E-state index contributed by atoms with van der Waals surface area (Å²) in [6, 6.07) is 11.7. The Balaban J connectivity index is 0.00000150. The van der Waals surface area contributed by atoms with Gasteiger partial charge in [0, 0.05) is 26.2 Å². The minimum absolute atomic E-state index is 0. The number of nitrogens with zero attached hydrogens (tertiary/aromatic N) is 1. The third kappa shape index (κ3) is 5.60. The van der Waals surface area contributed by atoms with E-state index in [9.17, 15) is 13.2 Å². The van der Waals surface area contributed by atoms with Gasteiger partial charge in [-0.25, -0.2) is 0 Å². The second kappa shape index (κ2) is 9.75. The van der Waals surface area contributed by atoms with Crippen LogP contribution in [-0.4, -0.2) is 44.2 Å². The summed E-state index contributed by atoms with van der Waals surface area (Å²) in [6.07, 6.45) is -4.70. The summed E-state index contributed by atoms with van der Waals surface area (Å²) in [4.78, 5) is 2.30. The largest absolute Gasteiger partial charge is 0.573 e. The van der Waals surface area contributed by atoms with Crippen LogP contribution >= 0.6 is 24.8 Å². The molecule has 0 aliphatic carbocycles. The molecule has 2 heterocycles. The molecule has 2 aliphatic heterocycles. The fourth-order valence-electron chi connectivity index (χ4n) is 3.49. The van der Waals surface area contributed by atoms with Crippen molar-refractivity contribution in [3.63, 3.8) is 0 Å². The van der Waals surface area contributed by atoms with E-state index in [1.54, 1.807) is 12.1 Å². The molecule has 2 aromatic carbocycles. The Kier molecular flexibility index (Phi) is 7.87. The van der Waals surface area contributed by atoms with Crippen LogP contribution in [0, 0.1) is 0 Å². The highest BCUT2D eigenvalue weighted by Gasteiger charge is 2.31. The van der Waals surface area contributed by atoms with Crippen LogP contribution in [0.15, 0.2) is 42.5 Å². The Morgan fingerprint density at radius 2 is 1.52 bits per heavy atom. The number of ether oxygens (including phenoxy) is 3. The van der Waals surface area contributed by atoms with Crippen LogP contribution in [0.2, 0.25) is 0 Å². The van der Waals surface area contributed by atoms with Crippen molar-refractivity contribution in [2.75, 3.05) is 33.0 Å². The summed E-state index contributed by atoms with van der Waals surface area (Å²) in [5.41, 5.74) is 1.90. The lowest BCUT2D eigenvalue weighted by atomic mass is 9.96. The van der Waals surface area contributed by atoms with Gasteiger partial charge in [-0.05, 0) is 35.4 Å². The molecule has 2 aromatic rings. The van der Waals surface area contributed by atoms with E-state index >= 15 is 0 Å². The van der Waals surface area contributed by atoms with Gasteiger partial charge >= 0.3 is 6.36 Å². The van der Waals surface area contributed by atoms with Crippen LogP contribution in [0.3, 0.4) is 0 Å². The number of fused-ring (bicyclic) bond motifs is 1. The first-order valence-electron chi connectivity index (χ1n) is 8.70. The molecule has 1 N–H and O–H groups in total. The molecule has 0 amide bonds. The van der Waals surface area contributed by atoms with Gasteiger partial charge in [0.25, 0.3) is 0 Å². The highest BCUT2D eigenvalue weighted by molar-refractivity contribution is 5.85. The van der Waals surface area contributed by atoms with Crippen molar-refractivity contribution in [3.8, 4) is 17.2 Å². The molecule has 1 saturated heterocycles. The summed E-state index contributed by atoms with van der Waals surface area (Å²) in [5, 5.41) is 3.32. The van der Waals surface area contributed by atoms with Gasteiger partial charge in [-0.15, -0.1) is 38.0 Å². The van der Waals surface area contributed by atoms with Crippen LogP contribution in [0.5, 0.6) is 17.2 Å². The Bertz CT molecular complexity index is 800. The lowest BCUT2D eigenvalue weighted by Gasteiger charge is -2.35. The van der Waals surface area contributed by atoms with Crippen molar-refractivity contribution >= 4 is 24.8 Å². The maximum atomic E-state index is 12.4. The average molecular weight is 453 g/mol. The van der Waals surface area contributed by atoms with E-state index in [0.717, 1.165) is 37.3 Å². The van der Waals surface area contributed by atoms with Crippen molar-refractivity contribution < 1.29 is 27.4 Å². The SMILES string of the molecule is Cl.Cl.FC(F)(F)Oc1ccc([C@H](c2ccc3c(c2)OCO3)N2CCNCC2)cc1. The van der Waals surface area contributed by atoms with E-state index in [1.807, 2.05) is 18.2 Å². The van der Waals surface area contributed by atoms with Gasteiger partial charge in [0.1, 0.15) is 5.75 Å². The van der Waals surface area contributed by atoms with Gasteiger partial charge in [0.05, 0.1) is 6.04 Å². The molecular weight excluding hydrogens is 432 g/mol.